The van der Waals surface area contributed by atoms with Gasteiger partial charge in [0.25, 0.3) is 0 Å². The van der Waals surface area contributed by atoms with Gasteiger partial charge in [0.2, 0.25) is 5.91 Å². The van der Waals surface area contributed by atoms with Gasteiger partial charge in [0.15, 0.2) is 0 Å². The zero-order valence-electron chi connectivity index (χ0n) is 14.4. The van der Waals surface area contributed by atoms with Crippen molar-refractivity contribution < 1.29 is 9.59 Å². The number of amides is 3. The van der Waals surface area contributed by atoms with Crippen molar-refractivity contribution in [1.29, 1.82) is 0 Å². The van der Waals surface area contributed by atoms with Crippen molar-refractivity contribution in [3.8, 4) is 11.1 Å². The number of hydrogen-bond donors (Lipinski definition) is 2. The van der Waals surface area contributed by atoms with E-state index in [9.17, 15) is 9.59 Å². The molecule has 0 radical (unpaired) electrons. The number of urea groups is 1. The van der Waals surface area contributed by atoms with Crippen LogP contribution in [0.2, 0.25) is 0 Å². The van der Waals surface area contributed by atoms with Crippen molar-refractivity contribution in [2.45, 2.75) is 12.8 Å². The number of para-hydroxylation sites is 1. The third kappa shape index (κ3) is 3.99. The number of benzene rings is 2. The van der Waals surface area contributed by atoms with E-state index in [1.807, 2.05) is 54.6 Å². The van der Waals surface area contributed by atoms with E-state index in [2.05, 4.69) is 10.6 Å². The van der Waals surface area contributed by atoms with Crippen LogP contribution in [0.25, 0.3) is 11.1 Å². The summed E-state index contributed by atoms with van der Waals surface area (Å²) in [5.74, 6) is -0.129. The van der Waals surface area contributed by atoms with E-state index in [4.69, 9.17) is 0 Å². The molecule has 1 atom stereocenters. The Morgan fingerprint density at radius 3 is 2.52 bits per heavy atom. The van der Waals surface area contributed by atoms with E-state index in [0.717, 1.165) is 29.7 Å². The molecule has 2 aromatic carbocycles. The summed E-state index contributed by atoms with van der Waals surface area (Å²) in [5, 5.41) is 5.69. The number of anilines is 1. The van der Waals surface area contributed by atoms with Gasteiger partial charge in [-0.3, -0.25) is 4.79 Å². The lowest BCUT2D eigenvalue weighted by molar-refractivity contribution is -0.125. The minimum absolute atomic E-state index is 0.00202. The predicted molar refractivity (Wildman–Crippen MR) is 99.3 cm³/mol. The summed E-state index contributed by atoms with van der Waals surface area (Å²) in [6, 6.07) is 17.6. The molecular weight excluding hydrogens is 314 g/mol. The Morgan fingerprint density at radius 2 is 1.76 bits per heavy atom. The zero-order valence-corrected chi connectivity index (χ0v) is 14.4. The number of piperidine rings is 1. The number of nitrogens with one attached hydrogen (secondary N) is 2. The molecule has 1 aliphatic rings. The first-order chi connectivity index (χ1) is 12.2. The van der Waals surface area contributed by atoms with Crippen LogP contribution in [-0.4, -0.2) is 37.0 Å². The first-order valence-corrected chi connectivity index (χ1v) is 8.61. The second kappa shape index (κ2) is 7.83. The van der Waals surface area contributed by atoms with Crippen LogP contribution in [0.15, 0.2) is 54.6 Å². The molecule has 0 spiro atoms. The number of carbonyl (C=O) groups excluding carboxylic acids is 2. The van der Waals surface area contributed by atoms with Crippen molar-refractivity contribution in [2.75, 3.05) is 25.5 Å². The molecule has 0 aromatic heterocycles. The minimum atomic E-state index is -0.156. The first-order valence-electron chi connectivity index (χ1n) is 8.61. The molecule has 3 rings (SSSR count). The second-order valence-corrected chi connectivity index (χ2v) is 6.24. The van der Waals surface area contributed by atoms with Crippen LogP contribution in [0, 0.1) is 5.92 Å². The summed E-state index contributed by atoms with van der Waals surface area (Å²) in [6.07, 6.45) is 1.66. The molecule has 2 aromatic rings. The van der Waals surface area contributed by atoms with Gasteiger partial charge in [0.05, 0.1) is 11.6 Å². The Kier molecular flexibility index (Phi) is 5.33. The highest BCUT2D eigenvalue weighted by Gasteiger charge is 2.28. The average Bonchev–Trinajstić information content (AvgIpc) is 2.68. The molecule has 2 N–H and O–H groups in total. The van der Waals surface area contributed by atoms with Gasteiger partial charge in [-0.25, -0.2) is 4.79 Å². The van der Waals surface area contributed by atoms with Crippen molar-refractivity contribution in [3.05, 3.63) is 54.6 Å². The van der Waals surface area contributed by atoms with Crippen LogP contribution < -0.4 is 10.6 Å². The molecule has 1 saturated heterocycles. The lowest BCUT2D eigenvalue weighted by Crippen LogP contribution is -2.46. The fourth-order valence-corrected chi connectivity index (χ4v) is 3.24. The van der Waals surface area contributed by atoms with Crippen LogP contribution >= 0.6 is 0 Å². The standard InChI is InChI=1S/C20H23N3O2/c1-21-19(24)16-10-7-13-23(14-16)20(25)22-18-12-6-5-11-17(18)15-8-3-2-4-9-15/h2-6,8-9,11-12,16H,7,10,13-14H2,1H3,(H,21,24)(H,22,25). The summed E-state index contributed by atoms with van der Waals surface area (Å²) in [5.41, 5.74) is 2.82. The summed E-state index contributed by atoms with van der Waals surface area (Å²) in [6.45, 7) is 1.13. The highest BCUT2D eigenvalue weighted by Crippen LogP contribution is 2.28. The van der Waals surface area contributed by atoms with E-state index in [1.54, 1.807) is 11.9 Å². The maximum atomic E-state index is 12.7. The van der Waals surface area contributed by atoms with Gasteiger partial charge < -0.3 is 15.5 Å². The molecule has 1 unspecified atom stereocenters. The Hall–Kier alpha value is -2.82. The van der Waals surface area contributed by atoms with Crippen LogP contribution in [0.5, 0.6) is 0 Å². The molecule has 25 heavy (non-hydrogen) atoms. The summed E-state index contributed by atoms with van der Waals surface area (Å²) in [4.78, 5) is 26.3. The lowest BCUT2D eigenvalue weighted by Gasteiger charge is -2.32. The molecule has 0 aliphatic carbocycles. The number of likely N-dealkylation sites (tertiary alicyclic amines) is 1. The third-order valence-electron chi connectivity index (χ3n) is 4.58. The molecule has 130 valence electrons. The third-order valence-corrected chi connectivity index (χ3v) is 4.58. The first kappa shape index (κ1) is 17.0. The van der Waals surface area contributed by atoms with Crippen LogP contribution in [0.1, 0.15) is 12.8 Å². The van der Waals surface area contributed by atoms with Crippen molar-refractivity contribution >= 4 is 17.6 Å². The van der Waals surface area contributed by atoms with Gasteiger partial charge in [-0.15, -0.1) is 0 Å². The quantitative estimate of drug-likeness (QED) is 0.902. The van der Waals surface area contributed by atoms with E-state index in [-0.39, 0.29) is 17.9 Å². The number of nitrogens with zero attached hydrogens (tertiary/aromatic N) is 1. The highest BCUT2D eigenvalue weighted by atomic mass is 16.2. The summed E-state index contributed by atoms with van der Waals surface area (Å²) >= 11 is 0. The van der Waals surface area contributed by atoms with E-state index in [0.29, 0.717) is 13.1 Å². The van der Waals surface area contributed by atoms with Crippen LogP contribution in [-0.2, 0) is 4.79 Å². The minimum Gasteiger partial charge on any atom is -0.359 e. The molecule has 1 fully saturated rings. The molecule has 5 nitrogen and oxygen atoms in total. The van der Waals surface area contributed by atoms with Crippen LogP contribution in [0.3, 0.4) is 0 Å². The van der Waals surface area contributed by atoms with Crippen LogP contribution in [0.4, 0.5) is 10.5 Å². The lowest BCUT2D eigenvalue weighted by atomic mass is 9.97. The van der Waals surface area contributed by atoms with E-state index >= 15 is 0 Å². The normalized spacial score (nSPS) is 17.0. The van der Waals surface area contributed by atoms with Crippen molar-refractivity contribution in [2.24, 2.45) is 5.92 Å². The predicted octanol–water partition coefficient (Wildman–Crippen LogP) is 3.34. The Bertz CT molecular complexity index is 746. The highest BCUT2D eigenvalue weighted by molar-refractivity contribution is 5.94. The Balaban J connectivity index is 1.74. The SMILES string of the molecule is CNC(=O)C1CCCN(C(=O)Nc2ccccc2-c2ccccc2)C1. The maximum absolute atomic E-state index is 12.7. The van der Waals surface area contributed by atoms with Gasteiger partial charge in [-0.05, 0) is 24.5 Å². The zero-order chi connectivity index (χ0) is 17.6. The number of carbonyl (C=O) groups is 2. The maximum Gasteiger partial charge on any atom is 0.321 e. The van der Waals surface area contributed by atoms with E-state index < -0.39 is 0 Å². The molecule has 1 heterocycles. The smallest absolute Gasteiger partial charge is 0.321 e. The number of hydrogen-bond acceptors (Lipinski definition) is 2. The average molecular weight is 337 g/mol. The monoisotopic (exact) mass is 337 g/mol. The summed E-state index contributed by atoms with van der Waals surface area (Å²) in [7, 11) is 1.64. The fourth-order valence-electron chi connectivity index (χ4n) is 3.24. The van der Waals surface area contributed by atoms with Gasteiger partial charge in [0.1, 0.15) is 0 Å². The molecule has 0 saturated carbocycles. The van der Waals surface area contributed by atoms with Gasteiger partial charge in [-0.1, -0.05) is 48.5 Å². The fraction of sp³-hybridized carbons (Fsp3) is 0.300. The van der Waals surface area contributed by atoms with E-state index in [1.165, 1.54) is 0 Å². The second-order valence-electron chi connectivity index (χ2n) is 6.24. The molecule has 3 amide bonds. The van der Waals surface area contributed by atoms with Gasteiger partial charge in [-0.2, -0.15) is 0 Å². The van der Waals surface area contributed by atoms with Gasteiger partial charge >= 0.3 is 6.03 Å². The Labute approximate surface area is 148 Å². The number of rotatable bonds is 3. The molecule has 1 aliphatic heterocycles. The van der Waals surface area contributed by atoms with Crippen molar-refractivity contribution in [3.63, 3.8) is 0 Å². The molecular formula is C20H23N3O2. The summed E-state index contributed by atoms with van der Waals surface area (Å²) < 4.78 is 0. The van der Waals surface area contributed by atoms with Gasteiger partial charge in [0, 0.05) is 25.7 Å². The Morgan fingerprint density at radius 1 is 1.04 bits per heavy atom. The van der Waals surface area contributed by atoms with Crippen molar-refractivity contribution in [1.82, 2.24) is 10.2 Å². The topological polar surface area (TPSA) is 61.4 Å². The molecule has 0 bridgehead atoms. The molecule has 5 heteroatoms. The largest absolute Gasteiger partial charge is 0.359 e.